The molecule has 1 rings (SSSR count). The van der Waals surface area contributed by atoms with E-state index in [4.69, 9.17) is 4.74 Å². The summed E-state index contributed by atoms with van der Waals surface area (Å²) in [6.45, 7) is 4.86. The maximum Gasteiger partial charge on any atom is 0.0486 e. The molecule has 1 heterocycles. The first kappa shape index (κ1) is 8.28. The maximum absolute atomic E-state index is 5.73. The highest BCUT2D eigenvalue weighted by atomic mass is 28.1. The van der Waals surface area contributed by atoms with Gasteiger partial charge >= 0.3 is 0 Å². The Hall–Kier alpha value is 0.177. The van der Waals surface area contributed by atoms with Crippen molar-refractivity contribution in [2.45, 2.75) is 37.3 Å². The van der Waals surface area contributed by atoms with Crippen molar-refractivity contribution in [2.75, 3.05) is 6.61 Å². The Bertz CT molecular complexity index is 91.9. The van der Waals surface area contributed by atoms with Gasteiger partial charge in [-0.3, -0.25) is 0 Å². The van der Waals surface area contributed by atoms with Crippen LogP contribution in [0.2, 0.25) is 0 Å². The normalized spacial score (nSPS) is 34.5. The van der Waals surface area contributed by atoms with Crippen molar-refractivity contribution in [3.05, 3.63) is 6.92 Å². The van der Waals surface area contributed by atoms with Crippen molar-refractivity contribution in [1.29, 1.82) is 0 Å². The van der Waals surface area contributed by atoms with E-state index in [0.29, 0.717) is 5.22 Å². The zero-order chi connectivity index (χ0) is 7.45. The molecule has 0 saturated carbocycles. The molecule has 0 bridgehead atoms. The summed E-state index contributed by atoms with van der Waals surface area (Å²) in [5, 5.41) is 0.306. The third-order valence-corrected chi connectivity index (χ3v) is 3.54. The van der Waals surface area contributed by atoms with E-state index in [0.717, 1.165) is 13.0 Å². The van der Waals surface area contributed by atoms with Gasteiger partial charge in [0, 0.05) is 22.1 Å². The second kappa shape index (κ2) is 3.53. The van der Waals surface area contributed by atoms with Gasteiger partial charge in [0.05, 0.1) is 0 Å². The fraction of sp³-hybridized carbons (Fsp3) is 0.875. The Morgan fingerprint density at radius 3 is 2.80 bits per heavy atom. The summed E-state index contributed by atoms with van der Waals surface area (Å²) in [6.07, 6.45) is 6.13. The van der Waals surface area contributed by atoms with Gasteiger partial charge in [0.15, 0.2) is 0 Å². The van der Waals surface area contributed by atoms with Crippen LogP contribution in [0, 0.1) is 6.92 Å². The Labute approximate surface area is 66.6 Å². The minimum Gasteiger partial charge on any atom is -0.380 e. The molecule has 1 fully saturated rings. The van der Waals surface area contributed by atoms with Gasteiger partial charge in [-0.2, -0.15) is 0 Å². The van der Waals surface area contributed by atoms with Gasteiger partial charge in [0.1, 0.15) is 0 Å². The predicted molar refractivity (Wildman–Crippen MR) is 47.1 cm³/mol. The lowest BCUT2D eigenvalue weighted by Crippen LogP contribution is -2.36. The maximum atomic E-state index is 5.73. The molecule has 0 spiro atoms. The van der Waals surface area contributed by atoms with Crippen LogP contribution in [0.4, 0.5) is 0 Å². The minimum absolute atomic E-state index is 0.306. The first-order valence-corrected chi connectivity index (χ1v) is 5.20. The van der Waals surface area contributed by atoms with E-state index in [1.54, 1.807) is 0 Å². The Kier molecular flexibility index (Phi) is 2.92. The fourth-order valence-corrected chi connectivity index (χ4v) is 2.47. The van der Waals surface area contributed by atoms with Crippen molar-refractivity contribution in [3.63, 3.8) is 0 Å². The largest absolute Gasteiger partial charge is 0.380 e. The van der Waals surface area contributed by atoms with Crippen LogP contribution in [0.3, 0.4) is 0 Å². The average molecular weight is 157 g/mol. The predicted octanol–water partition coefficient (Wildman–Crippen LogP) is 0.863. The molecule has 1 unspecified atom stereocenters. The van der Waals surface area contributed by atoms with Crippen LogP contribution in [0.15, 0.2) is 0 Å². The highest BCUT2D eigenvalue weighted by molar-refractivity contribution is 6.14. The van der Waals surface area contributed by atoms with E-state index in [9.17, 15) is 0 Å². The second-order valence-corrected chi connectivity index (χ2v) is 5.18. The molecule has 10 heavy (non-hydrogen) atoms. The lowest BCUT2D eigenvalue weighted by Gasteiger charge is -2.33. The van der Waals surface area contributed by atoms with E-state index in [1.807, 2.05) is 0 Å². The van der Waals surface area contributed by atoms with Crippen LogP contribution in [0.1, 0.15) is 32.1 Å². The molecule has 0 aromatic heterocycles. The van der Waals surface area contributed by atoms with Crippen molar-refractivity contribution in [1.82, 2.24) is 0 Å². The summed E-state index contributed by atoms with van der Waals surface area (Å²) in [5.74, 6) is 0. The second-order valence-electron chi connectivity index (χ2n) is 3.36. The van der Waals surface area contributed by atoms with Gasteiger partial charge in [-0.25, -0.2) is 0 Å². The summed E-state index contributed by atoms with van der Waals surface area (Å²) in [6, 6.07) is 0. The molecular formula is C8H17OSi. The quantitative estimate of drug-likeness (QED) is 0.540. The SMILES string of the molecule is [CH2]CCC1([SiH3])CCCCO1. The smallest absolute Gasteiger partial charge is 0.0486 e. The molecule has 1 aliphatic rings. The van der Waals surface area contributed by atoms with E-state index in [1.165, 1.54) is 35.9 Å². The molecule has 2 heteroatoms. The Morgan fingerprint density at radius 2 is 2.30 bits per heavy atom. The van der Waals surface area contributed by atoms with Gasteiger partial charge in [-0.1, -0.05) is 13.3 Å². The van der Waals surface area contributed by atoms with Gasteiger partial charge in [0.2, 0.25) is 0 Å². The van der Waals surface area contributed by atoms with Crippen LogP contribution < -0.4 is 0 Å². The van der Waals surface area contributed by atoms with Gasteiger partial charge in [-0.15, -0.1) is 0 Å². The number of ether oxygens (including phenoxy) is 1. The van der Waals surface area contributed by atoms with Gasteiger partial charge in [0.25, 0.3) is 0 Å². The first-order chi connectivity index (χ1) is 4.77. The van der Waals surface area contributed by atoms with Crippen LogP contribution in [0.25, 0.3) is 0 Å². The molecule has 1 nitrogen and oxygen atoms in total. The monoisotopic (exact) mass is 157 g/mol. The minimum atomic E-state index is 0.306. The fourth-order valence-electron chi connectivity index (χ4n) is 1.56. The van der Waals surface area contributed by atoms with Crippen molar-refractivity contribution in [2.24, 2.45) is 0 Å². The summed E-state index contributed by atoms with van der Waals surface area (Å²) in [5.41, 5.74) is 0. The van der Waals surface area contributed by atoms with E-state index in [2.05, 4.69) is 6.92 Å². The molecule has 0 aromatic carbocycles. The molecule has 0 N–H and O–H groups in total. The van der Waals surface area contributed by atoms with Crippen LogP contribution in [-0.2, 0) is 4.74 Å². The highest BCUT2D eigenvalue weighted by Crippen LogP contribution is 2.25. The van der Waals surface area contributed by atoms with Crippen molar-refractivity contribution < 1.29 is 4.74 Å². The molecular weight excluding hydrogens is 140 g/mol. The third-order valence-electron chi connectivity index (χ3n) is 2.26. The first-order valence-electron chi connectivity index (χ1n) is 4.20. The molecule has 59 valence electrons. The zero-order valence-corrected chi connectivity index (χ0v) is 8.86. The summed E-state index contributed by atoms with van der Waals surface area (Å²) in [7, 11) is 1.18. The molecule has 0 amide bonds. The average Bonchev–Trinajstić information content (AvgIpc) is 1.89. The summed E-state index contributed by atoms with van der Waals surface area (Å²) >= 11 is 0. The Balaban J connectivity index is 2.32. The van der Waals surface area contributed by atoms with Gasteiger partial charge < -0.3 is 4.74 Å². The van der Waals surface area contributed by atoms with Gasteiger partial charge in [-0.05, 0) is 25.7 Å². The van der Waals surface area contributed by atoms with E-state index >= 15 is 0 Å². The van der Waals surface area contributed by atoms with Crippen molar-refractivity contribution >= 4 is 10.2 Å². The summed E-state index contributed by atoms with van der Waals surface area (Å²) in [4.78, 5) is 0. The van der Waals surface area contributed by atoms with Crippen LogP contribution in [0.5, 0.6) is 0 Å². The molecule has 0 aromatic rings. The molecule has 1 atom stereocenters. The lowest BCUT2D eigenvalue weighted by atomic mass is 10.0. The zero-order valence-electron chi connectivity index (χ0n) is 6.86. The molecule has 1 saturated heterocycles. The third kappa shape index (κ3) is 2.10. The van der Waals surface area contributed by atoms with Crippen molar-refractivity contribution in [3.8, 4) is 0 Å². The molecule has 0 aliphatic carbocycles. The highest BCUT2D eigenvalue weighted by Gasteiger charge is 2.25. The Morgan fingerprint density at radius 1 is 1.50 bits per heavy atom. The number of hydrogen-bond donors (Lipinski definition) is 0. The number of hydrogen-bond acceptors (Lipinski definition) is 1. The van der Waals surface area contributed by atoms with E-state index < -0.39 is 0 Å². The molecule has 1 aliphatic heterocycles. The van der Waals surface area contributed by atoms with Crippen LogP contribution >= 0.6 is 0 Å². The lowest BCUT2D eigenvalue weighted by molar-refractivity contribution is -0.0220. The topological polar surface area (TPSA) is 9.23 Å². The van der Waals surface area contributed by atoms with E-state index in [-0.39, 0.29) is 0 Å². The standard InChI is InChI=1S/C8H17OSi/c1-2-5-8(10)6-3-4-7-9-8/h1-7H2,10H3. The summed E-state index contributed by atoms with van der Waals surface area (Å²) < 4.78 is 5.73. The molecule has 1 radical (unpaired) electrons. The van der Waals surface area contributed by atoms with Crippen LogP contribution in [-0.4, -0.2) is 22.1 Å². The number of rotatable bonds is 2.